The molecule has 0 amide bonds. The van der Waals surface area contributed by atoms with Crippen molar-refractivity contribution >= 4 is 25.7 Å². The Morgan fingerprint density at radius 2 is 1.67 bits per heavy atom. The molecule has 0 saturated carbocycles. The first-order valence-corrected chi connectivity index (χ1v) is 7.27. The summed E-state index contributed by atoms with van der Waals surface area (Å²) in [6.07, 6.45) is 0. The van der Waals surface area contributed by atoms with Crippen LogP contribution < -0.4 is 5.19 Å². The van der Waals surface area contributed by atoms with Crippen molar-refractivity contribution in [1.29, 1.82) is 0 Å². The lowest BCUT2D eigenvalue weighted by Crippen LogP contribution is -2.14. The number of aromatic hydroxyl groups is 2. The third kappa shape index (κ3) is 2.09. The van der Waals surface area contributed by atoms with Crippen LogP contribution in [0.15, 0.2) is 24.3 Å². The van der Waals surface area contributed by atoms with Gasteiger partial charge in [0.15, 0.2) is 21.3 Å². The second-order valence-electron chi connectivity index (χ2n) is 5.58. The van der Waals surface area contributed by atoms with Crippen molar-refractivity contribution in [2.45, 2.75) is 26.2 Å². The van der Waals surface area contributed by atoms with Gasteiger partial charge in [0.05, 0.1) is 0 Å². The molecule has 2 aromatic rings. The highest BCUT2D eigenvalue weighted by atomic mass is 28.2. The summed E-state index contributed by atoms with van der Waals surface area (Å²) in [6, 6.07) is 7.54. The van der Waals surface area contributed by atoms with Crippen LogP contribution in [0.4, 0.5) is 0 Å². The highest BCUT2D eigenvalue weighted by molar-refractivity contribution is 6.47. The average Bonchev–Trinajstić information content (AvgIpc) is 2.32. The van der Waals surface area contributed by atoms with Gasteiger partial charge in [0.1, 0.15) is 0 Å². The Kier molecular flexibility index (Phi) is 3.08. The Morgan fingerprint density at radius 3 is 2.22 bits per heavy atom. The van der Waals surface area contributed by atoms with Crippen molar-refractivity contribution in [3.63, 3.8) is 0 Å². The zero-order valence-electron chi connectivity index (χ0n) is 10.9. The molecular weight excluding hydrogens is 244 g/mol. The summed E-state index contributed by atoms with van der Waals surface area (Å²) in [5, 5.41) is 21.6. The van der Waals surface area contributed by atoms with E-state index in [2.05, 4.69) is 20.8 Å². The van der Waals surface area contributed by atoms with Gasteiger partial charge in [-0.3, -0.25) is 0 Å². The average molecular weight is 262 g/mol. The van der Waals surface area contributed by atoms with Crippen molar-refractivity contribution < 1.29 is 15.0 Å². The van der Waals surface area contributed by atoms with Gasteiger partial charge in [0.25, 0.3) is 0 Å². The van der Waals surface area contributed by atoms with Crippen molar-refractivity contribution in [1.82, 2.24) is 0 Å². The maximum absolute atomic E-state index is 9.92. The van der Waals surface area contributed by atoms with Crippen LogP contribution in [0, 0.1) is 0 Å². The molecule has 2 aromatic carbocycles. The Bertz CT molecular complexity index is 600. The van der Waals surface area contributed by atoms with E-state index in [1.165, 1.54) is 0 Å². The normalized spacial score (nSPS) is 12.7. The highest BCUT2D eigenvalue weighted by Crippen LogP contribution is 2.34. The van der Waals surface area contributed by atoms with E-state index in [4.69, 9.17) is 0 Å². The molecule has 0 atom stereocenters. The molecule has 0 unspecified atom stereocenters. The summed E-state index contributed by atoms with van der Waals surface area (Å²) in [4.78, 5) is 9.30. The van der Waals surface area contributed by atoms with Gasteiger partial charge in [-0.2, -0.15) is 0 Å². The molecule has 3 N–H and O–H groups in total. The number of fused-ring (bicyclic) bond motifs is 1. The number of hydrogen-bond donors (Lipinski definition) is 3. The first-order valence-electron chi connectivity index (χ1n) is 5.93. The van der Waals surface area contributed by atoms with Crippen LogP contribution in [0.2, 0.25) is 0 Å². The van der Waals surface area contributed by atoms with Gasteiger partial charge in [-0.25, -0.2) is 0 Å². The zero-order valence-corrected chi connectivity index (χ0v) is 12.3. The number of phenols is 2. The first-order chi connectivity index (χ1) is 8.34. The molecule has 0 aromatic heterocycles. The predicted molar refractivity (Wildman–Crippen MR) is 76.4 cm³/mol. The molecule has 96 valence electrons. The molecule has 0 heterocycles. The van der Waals surface area contributed by atoms with Gasteiger partial charge < -0.3 is 15.0 Å². The van der Waals surface area contributed by atoms with E-state index in [0.717, 1.165) is 10.9 Å². The summed E-state index contributed by atoms with van der Waals surface area (Å²) in [6.45, 7) is 6.36. The minimum absolute atomic E-state index is 0.0263. The summed E-state index contributed by atoms with van der Waals surface area (Å²) in [5.41, 5.74) is 1.18. The molecule has 2 rings (SSSR count). The Hall–Kier alpha value is -1.52. The summed E-state index contributed by atoms with van der Waals surface area (Å²) in [5.74, 6) is -0.315. The standard InChI is InChI=1S/C14H18O3Si/c1-14(2,3)9-4-5-10-8(6-9)7-11(18-17)13(16)12(10)15/h4-7,15-17H,18H2,1-3H3. The highest BCUT2D eigenvalue weighted by Gasteiger charge is 2.16. The maximum Gasteiger partial charge on any atom is 0.192 e. The van der Waals surface area contributed by atoms with Gasteiger partial charge >= 0.3 is 0 Å². The summed E-state index contributed by atoms with van der Waals surface area (Å²) in [7, 11) is -1.50. The quantitative estimate of drug-likeness (QED) is 0.535. The molecule has 0 radical (unpaired) electrons. The third-order valence-corrected chi connectivity index (χ3v) is 4.08. The molecular formula is C14H18O3Si. The van der Waals surface area contributed by atoms with E-state index < -0.39 is 9.76 Å². The van der Waals surface area contributed by atoms with Crippen LogP contribution in [-0.2, 0) is 5.41 Å². The Balaban J connectivity index is 2.74. The van der Waals surface area contributed by atoms with Crippen molar-refractivity contribution in [2.75, 3.05) is 0 Å². The molecule has 0 bridgehead atoms. The topological polar surface area (TPSA) is 60.7 Å². The third-order valence-electron chi connectivity index (χ3n) is 3.20. The molecule has 0 aliphatic carbocycles. The van der Waals surface area contributed by atoms with Gasteiger partial charge in [-0.15, -0.1) is 0 Å². The second kappa shape index (κ2) is 4.30. The lowest BCUT2D eigenvalue weighted by Gasteiger charge is -2.20. The maximum atomic E-state index is 9.92. The molecule has 18 heavy (non-hydrogen) atoms. The molecule has 0 aliphatic rings. The molecule has 0 spiro atoms. The molecule has 0 aliphatic heterocycles. The number of benzene rings is 2. The van der Waals surface area contributed by atoms with Crippen LogP contribution >= 0.6 is 0 Å². The predicted octanol–water partition coefficient (Wildman–Crippen LogP) is 1.25. The van der Waals surface area contributed by atoms with Crippen molar-refractivity contribution in [3.8, 4) is 11.5 Å². The SMILES string of the molecule is CC(C)(C)c1ccc2c(O)c(O)c([SiH2]O)cc2c1. The van der Waals surface area contributed by atoms with E-state index in [0.29, 0.717) is 10.6 Å². The van der Waals surface area contributed by atoms with Gasteiger partial charge in [0.2, 0.25) is 0 Å². The van der Waals surface area contributed by atoms with E-state index in [9.17, 15) is 15.0 Å². The fourth-order valence-corrected chi connectivity index (χ4v) is 2.65. The monoisotopic (exact) mass is 262 g/mol. The second-order valence-corrected chi connectivity index (χ2v) is 6.65. The number of phenolic OH excluding ortho intramolecular Hbond substituents is 2. The zero-order chi connectivity index (χ0) is 13.5. The summed E-state index contributed by atoms with van der Waals surface area (Å²) < 4.78 is 0. The van der Waals surface area contributed by atoms with Crippen LogP contribution in [0.25, 0.3) is 10.8 Å². The van der Waals surface area contributed by atoms with E-state index in [1.807, 2.05) is 18.2 Å². The van der Waals surface area contributed by atoms with Crippen LogP contribution in [0.1, 0.15) is 26.3 Å². The molecule has 3 nitrogen and oxygen atoms in total. The van der Waals surface area contributed by atoms with Crippen molar-refractivity contribution in [2.24, 2.45) is 0 Å². The van der Waals surface area contributed by atoms with Gasteiger partial charge in [0, 0.05) is 10.6 Å². The number of rotatable bonds is 1. The lowest BCUT2D eigenvalue weighted by molar-refractivity contribution is 0.410. The summed E-state index contributed by atoms with van der Waals surface area (Å²) >= 11 is 0. The van der Waals surface area contributed by atoms with E-state index in [1.54, 1.807) is 6.07 Å². The Morgan fingerprint density at radius 1 is 1.00 bits per heavy atom. The fourth-order valence-electron chi connectivity index (χ4n) is 2.02. The molecule has 0 fully saturated rings. The first kappa shape index (κ1) is 12.9. The Labute approximate surface area is 109 Å². The van der Waals surface area contributed by atoms with Crippen molar-refractivity contribution in [3.05, 3.63) is 29.8 Å². The smallest absolute Gasteiger partial charge is 0.192 e. The van der Waals surface area contributed by atoms with E-state index in [-0.39, 0.29) is 16.9 Å². The largest absolute Gasteiger partial charge is 0.504 e. The fraction of sp³-hybridized carbons (Fsp3) is 0.286. The van der Waals surface area contributed by atoms with Crippen LogP contribution in [0.3, 0.4) is 0 Å². The van der Waals surface area contributed by atoms with Crippen LogP contribution in [-0.4, -0.2) is 24.8 Å². The van der Waals surface area contributed by atoms with Crippen LogP contribution in [0.5, 0.6) is 11.5 Å². The minimum Gasteiger partial charge on any atom is -0.504 e. The molecule has 4 heteroatoms. The minimum atomic E-state index is -1.50. The lowest BCUT2D eigenvalue weighted by atomic mass is 9.86. The molecule has 0 saturated heterocycles. The van der Waals surface area contributed by atoms with Gasteiger partial charge in [-0.1, -0.05) is 39.0 Å². The number of hydrogen-bond acceptors (Lipinski definition) is 3. The van der Waals surface area contributed by atoms with E-state index >= 15 is 0 Å². The van der Waals surface area contributed by atoms with Gasteiger partial charge in [-0.05, 0) is 22.4 Å².